The Balaban J connectivity index is 1.89. The summed E-state index contributed by atoms with van der Waals surface area (Å²) in [5.74, 6) is 0.532. The zero-order chi connectivity index (χ0) is 15.6. The smallest absolute Gasteiger partial charge is 0.410 e. The third-order valence-electron chi connectivity index (χ3n) is 4.29. The Morgan fingerprint density at radius 1 is 1.05 bits per heavy atom. The minimum absolute atomic E-state index is 0.0572. The Morgan fingerprint density at radius 3 is 2.19 bits per heavy atom. The molecule has 2 aliphatic rings. The van der Waals surface area contributed by atoms with Crippen LogP contribution in [0.3, 0.4) is 0 Å². The fraction of sp³-hybridized carbons (Fsp3) is 0.875. The molecule has 0 aromatic carbocycles. The van der Waals surface area contributed by atoms with Gasteiger partial charge in [-0.15, -0.1) is 0 Å². The first-order valence-electron chi connectivity index (χ1n) is 8.04. The third-order valence-corrected chi connectivity index (χ3v) is 4.29. The molecule has 0 N–H and O–H groups in total. The van der Waals surface area contributed by atoms with Crippen molar-refractivity contribution in [2.45, 2.75) is 52.6 Å². The maximum atomic E-state index is 12.5. The summed E-state index contributed by atoms with van der Waals surface area (Å²) in [5.41, 5.74) is -0.470. The number of carbonyl (C=O) groups is 2. The first kappa shape index (κ1) is 16.1. The molecule has 0 aromatic heterocycles. The van der Waals surface area contributed by atoms with Gasteiger partial charge in [-0.1, -0.05) is 6.92 Å². The molecule has 2 atom stereocenters. The lowest BCUT2D eigenvalue weighted by atomic mass is 9.86. The van der Waals surface area contributed by atoms with E-state index in [1.54, 1.807) is 4.90 Å². The molecule has 0 radical (unpaired) electrons. The van der Waals surface area contributed by atoms with Crippen LogP contribution in [0.1, 0.15) is 47.0 Å². The van der Waals surface area contributed by atoms with E-state index >= 15 is 0 Å². The highest BCUT2D eigenvalue weighted by Gasteiger charge is 2.37. The topological polar surface area (TPSA) is 49.9 Å². The van der Waals surface area contributed by atoms with E-state index in [-0.39, 0.29) is 23.8 Å². The SMILES string of the molecule is CC1CN(C(=O)OC(C)(C)C)CCC1C(=O)N1CCCC1. The molecule has 0 bridgehead atoms. The number of hydrogen-bond acceptors (Lipinski definition) is 3. The average Bonchev–Trinajstić information content (AvgIpc) is 2.89. The van der Waals surface area contributed by atoms with Gasteiger partial charge in [0.25, 0.3) is 0 Å². The second-order valence-corrected chi connectivity index (χ2v) is 7.33. The van der Waals surface area contributed by atoms with Crippen molar-refractivity contribution in [2.75, 3.05) is 26.2 Å². The molecule has 2 fully saturated rings. The van der Waals surface area contributed by atoms with Crippen LogP contribution in [-0.4, -0.2) is 53.6 Å². The molecule has 2 heterocycles. The van der Waals surface area contributed by atoms with Gasteiger partial charge in [0, 0.05) is 32.1 Å². The molecule has 5 nitrogen and oxygen atoms in total. The van der Waals surface area contributed by atoms with E-state index in [2.05, 4.69) is 6.92 Å². The molecule has 2 rings (SSSR count). The zero-order valence-corrected chi connectivity index (χ0v) is 13.7. The highest BCUT2D eigenvalue weighted by molar-refractivity contribution is 5.80. The van der Waals surface area contributed by atoms with E-state index in [9.17, 15) is 9.59 Å². The second kappa shape index (κ2) is 6.24. The van der Waals surface area contributed by atoms with E-state index < -0.39 is 5.60 Å². The number of ether oxygens (including phenoxy) is 1. The minimum Gasteiger partial charge on any atom is -0.444 e. The number of likely N-dealkylation sites (tertiary alicyclic amines) is 2. The molecule has 120 valence electrons. The van der Waals surface area contributed by atoms with Gasteiger partial charge in [0.2, 0.25) is 5.91 Å². The summed E-state index contributed by atoms with van der Waals surface area (Å²) in [7, 11) is 0. The van der Waals surface area contributed by atoms with E-state index in [1.807, 2.05) is 25.7 Å². The molecule has 5 heteroatoms. The minimum atomic E-state index is -0.470. The second-order valence-electron chi connectivity index (χ2n) is 7.33. The van der Waals surface area contributed by atoms with Crippen LogP contribution in [0.5, 0.6) is 0 Å². The Bertz CT molecular complexity index is 397. The zero-order valence-electron chi connectivity index (χ0n) is 13.7. The van der Waals surface area contributed by atoms with Gasteiger partial charge < -0.3 is 14.5 Å². The van der Waals surface area contributed by atoms with Crippen LogP contribution in [0, 0.1) is 11.8 Å². The van der Waals surface area contributed by atoms with Crippen LogP contribution >= 0.6 is 0 Å². The van der Waals surface area contributed by atoms with Gasteiger partial charge in [-0.3, -0.25) is 4.79 Å². The lowest BCUT2D eigenvalue weighted by molar-refractivity contribution is -0.138. The number of carbonyl (C=O) groups excluding carboxylic acids is 2. The van der Waals surface area contributed by atoms with Crippen molar-refractivity contribution in [2.24, 2.45) is 11.8 Å². The van der Waals surface area contributed by atoms with E-state index in [1.165, 1.54) is 0 Å². The first-order chi connectivity index (χ1) is 9.78. The van der Waals surface area contributed by atoms with Crippen molar-refractivity contribution in [3.8, 4) is 0 Å². The van der Waals surface area contributed by atoms with Gasteiger partial charge >= 0.3 is 6.09 Å². The predicted molar refractivity (Wildman–Crippen MR) is 80.9 cm³/mol. The molecule has 0 saturated carbocycles. The quantitative estimate of drug-likeness (QED) is 0.747. The van der Waals surface area contributed by atoms with Crippen LogP contribution in [0.25, 0.3) is 0 Å². The summed E-state index contributed by atoms with van der Waals surface area (Å²) >= 11 is 0. The molecule has 2 saturated heterocycles. The molecule has 0 aliphatic carbocycles. The molecule has 0 spiro atoms. The van der Waals surface area contributed by atoms with Crippen molar-refractivity contribution < 1.29 is 14.3 Å². The maximum Gasteiger partial charge on any atom is 0.410 e. The average molecular weight is 296 g/mol. The largest absolute Gasteiger partial charge is 0.444 e. The van der Waals surface area contributed by atoms with Crippen molar-refractivity contribution in [3.05, 3.63) is 0 Å². The standard InChI is InChI=1S/C16H28N2O3/c1-12-11-18(15(20)21-16(2,3)4)10-7-13(12)14(19)17-8-5-6-9-17/h12-13H,5-11H2,1-4H3. The van der Waals surface area contributed by atoms with Crippen LogP contribution in [0.4, 0.5) is 4.79 Å². The molecule has 0 aromatic rings. The van der Waals surface area contributed by atoms with E-state index in [0.29, 0.717) is 13.1 Å². The Hall–Kier alpha value is -1.26. The normalized spacial score (nSPS) is 26.9. The van der Waals surface area contributed by atoms with Crippen molar-refractivity contribution in [1.82, 2.24) is 9.80 Å². The van der Waals surface area contributed by atoms with Gasteiger partial charge in [-0.05, 0) is 46.0 Å². The monoisotopic (exact) mass is 296 g/mol. The summed E-state index contributed by atoms with van der Waals surface area (Å²) in [4.78, 5) is 28.3. The fourth-order valence-electron chi connectivity index (χ4n) is 3.18. The molecule has 2 aliphatic heterocycles. The summed E-state index contributed by atoms with van der Waals surface area (Å²) in [6.07, 6.45) is 2.73. The summed E-state index contributed by atoms with van der Waals surface area (Å²) < 4.78 is 5.41. The first-order valence-corrected chi connectivity index (χ1v) is 8.04. The van der Waals surface area contributed by atoms with Crippen molar-refractivity contribution >= 4 is 12.0 Å². The van der Waals surface area contributed by atoms with Gasteiger partial charge in [0.1, 0.15) is 5.60 Å². The number of hydrogen-bond donors (Lipinski definition) is 0. The summed E-state index contributed by atoms with van der Waals surface area (Å²) in [5, 5.41) is 0. The maximum absolute atomic E-state index is 12.5. The van der Waals surface area contributed by atoms with E-state index in [4.69, 9.17) is 4.74 Å². The van der Waals surface area contributed by atoms with Gasteiger partial charge in [0.05, 0.1) is 0 Å². The van der Waals surface area contributed by atoms with Gasteiger partial charge in [0.15, 0.2) is 0 Å². The molecule has 2 unspecified atom stereocenters. The summed E-state index contributed by atoms with van der Waals surface area (Å²) in [6.45, 7) is 10.7. The third kappa shape index (κ3) is 4.11. The van der Waals surface area contributed by atoms with Gasteiger partial charge in [-0.2, -0.15) is 0 Å². The number of rotatable bonds is 1. The number of piperidine rings is 1. The molecular formula is C16H28N2O3. The molecule has 21 heavy (non-hydrogen) atoms. The van der Waals surface area contributed by atoms with Crippen molar-refractivity contribution in [1.29, 1.82) is 0 Å². The highest BCUT2D eigenvalue weighted by atomic mass is 16.6. The van der Waals surface area contributed by atoms with Crippen LogP contribution < -0.4 is 0 Å². The van der Waals surface area contributed by atoms with Crippen LogP contribution in [0.15, 0.2) is 0 Å². The highest BCUT2D eigenvalue weighted by Crippen LogP contribution is 2.27. The lowest BCUT2D eigenvalue weighted by Crippen LogP contribution is -2.49. The van der Waals surface area contributed by atoms with Crippen molar-refractivity contribution in [3.63, 3.8) is 0 Å². The van der Waals surface area contributed by atoms with Gasteiger partial charge in [-0.25, -0.2) is 4.79 Å². The summed E-state index contributed by atoms with van der Waals surface area (Å²) in [6, 6.07) is 0. The Labute approximate surface area is 127 Å². The van der Waals surface area contributed by atoms with Crippen LogP contribution in [-0.2, 0) is 9.53 Å². The predicted octanol–water partition coefficient (Wildman–Crippen LogP) is 2.50. The molecular weight excluding hydrogens is 268 g/mol. The van der Waals surface area contributed by atoms with E-state index in [0.717, 1.165) is 32.4 Å². The fourth-order valence-corrected chi connectivity index (χ4v) is 3.18. The van der Waals surface area contributed by atoms with Crippen LogP contribution in [0.2, 0.25) is 0 Å². The number of nitrogens with zero attached hydrogens (tertiary/aromatic N) is 2. The molecule has 2 amide bonds. The number of amides is 2. The Morgan fingerprint density at radius 2 is 1.67 bits per heavy atom. The lowest BCUT2D eigenvalue weighted by Gasteiger charge is -2.38. The Kier molecular flexibility index (Phi) is 4.79.